The van der Waals surface area contributed by atoms with Gasteiger partial charge in [-0.3, -0.25) is 4.79 Å². The molecule has 0 aliphatic carbocycles. The van der Waals surface area contributed by atoms with Gasteiger partial charge in [-0.1, -0.05) is 97.1 Å². The van der Waals surface area contributed by atoms with Crippen molar-refractivity contribution < 1.29 is 15.0 Å². The molecule has 4 nitrogen and oxygen atoms in total. The van der Waals surface area contributed by atoms with Crippen molar-refractivity contribution in [2.45, 2.75) is 109 Å². The van der Waals surface area contributed by atoms with E-state index in [1.807, 2.05) is 6.08 Å². The van der Waals surface area contributed by atoms with Crippen LogP contribution in [-0.2, 0) is 4.79 Å². The van der Waals surface area contributed by atoms with E-state index in [-0.39, 0.29) is 5.92 Å². The van der Waals surface area contributed by atoms with Gasteiger partial charge in [0.1, 0.15) is 11.6 Å². The maximum Gasteiger partial charge on any atom is 0.327 e. The van der Waals surface area contributed by atoms with Gasteiger partial charge < -0.3 is 15.9 Å². The zero-order chi connectivity index (χ0) is 19.1. The highest BCUT2D eigenvalue weighted by molar-refractivity contribution is 5.80. The molecule has 0 aromatic heterocycles. The Bertz CT molecular complexity index is 368. The number of rotatable bonds is 16. The molecule has 148 valence electrons. The number of aliphatic carboxylic acids is 1. The van der Waals surface area contributed by atoms with Crippen LogP contribution in [0.25, 0.3) is 0 Å². The van der Waals surface area contributed by atoms with E-state index in [0.717, 1.165) is 12.8 Å². The minimum atomic E-state index is -1.62. The van der Waals surface area contributed by atoms with Gasteiger partial charge in [0, 0.05) is 0 Å². The van der Waals surface area contributed by atoms with Gasteiger partial charge >= 0.3 is 5.97 Å². The van der Waals surface area contributed by atoms with Gasteiger partial charge in [-0.15, -0.1) is 0 Å². The first-order valence-corrected chi connectivity index (χ1v) is 10.2. The number of allylic oxidation sites excluding steroid dienone is 1. The molecule has 0 rings (SSSR count). The molecule has 0 saturated carbocycles. The molecule has 0 spiro atoms. The molecule has 0 fully saturated rings. The number of nitrogens with two attached hydrogens (primary N) is 1. The maximum atomic E-state index is 11.3. The van der Waals surface area contributed by atoms with E-state index in [1.165, 1.54) is 64.2 Å². The van der Waals surface area contributed by atoms with Crippen LogP contribution >= 0.6 is 0 Å². The second-order valence-electron chi connectivity index (χ2n) is 7.59. The van der Waals surface area contributed by atoms with Crippen LogP contribution in [0.1, 0.15) is 97.8 Å². The molecule has 0 unspecified atom stereocenters. The Labute approximate surface area is 154 Å². The molecule has 0 aliphatic heterocycles. The number of carbonyl (C=O) groups is 1. The lowest BCUT2D eigenvalue weighted by molar-refractivity contribution is -0.149. The number of hydrogen-bond acceptors (Lipinski definition) is 3. The summed E-state index contributed by atoms with van der Waals surface area (Å²) in [6, 6.07) is 0. The number of carboxylic acid groups (broad SMARTS) is 1. The van der Waals surface area contributed by atoms with Crippen LogP contribution in [0.15, 0.2) is 12.2 Å². The first kappa shape index (κ1) is 24.1. The summed E-state index contributed by atoms with van der Waals surface area (Å²) < 4.78 is 0. The first-order chi connectivity index (χ1) is 11.9. The summed E-state index contributed by atoms with van der Waals surface area (Å²) >= 11 is 0. The topological polar surface area (TPSA) is 83.5 Å². The van der Waals surface area contributed by atoms with Gasteiger partial charge in [0.2, 0.25) is 0 Å². The SMILES string of the molecule is CCCCCCCCCCCCC/C=C/[C@@H](O)[C@@](N)(C(=O)O)C(C)C. The average molecular weight is 356 g/mol. The Hall–Kier alpha value is -0.870. The third-order valence-electron chi connectivity index (χ3n) is 5.11. The summed E-state index contributed by atoms with van der Waals surface area (Å²) in [5.74, 6) is -1.50. The van der Waals surface area contributed by atoms with E-state index in [9.17, 15) is 15.0 Å². The van der Waals surface area contributed by atoms with Crippen LogP contribution < -0.4 is 5.73 Å². The standard InChI is InChI=1S/C21H41NO3/c1-4-5-6-7-8-9-10-11-12-13-14-15-16-17-19(23)21(22,18(2)3)20(24)25/h16-19,23H,4-15,22H2,1-3H3,(H,24,25)/b17-16+/t19-,21-/m1/s1. The quantitative estimate of drug-likeness (QED) is 0.267. The molecule has 0 amide bonds. The monoisotopic (exact) mass is 355 g/mol. The van der Waals surface area contributed by atoms with E-state index >= 15 is 0 Å². The summed E-state index contributed by atoms with van der Waals surface area (Å²) in [5, 5.41) is 19.4. The number of aliphatic hydroxyl groups excluding tert-OH is 1. The second kappa shape index (κ2) is 14.3. The minimum Gasteiger partial charge on any atom is -0.480 e. The van der Waals surface area contributed by atoms with Crippen molar-refractivity contribution in [3.05, 3.63) is 12.2 Å². The second-order valence-corrected chi connectivity index (χ2v) is 7.59. The number of unbranched alkanes of at least 4 members (excludes halogenated alkanes) is 11. The van der Waals surface area contributed by atoms with Crippen molar-refractivity contribution in [3.8, 4) is 0 Å². The lowest BCUT2D eigenvalue weighted by atomic mass is 9.82. The number of aliphatic hydroxyl groups is 1. The molecule has 25 heavy (non-hydrogen) atoms. The van der Waals surface area contributed by atoms with E-state index in [4.69, 9.17) is 5.73 Å². The molecule has 0 bridgehead atoms. The molecule has 0 saturated heterocycles. The third kappa shape index (κ3) is 10.0. The maximum absolute atomic E-state index is 11.3. The highest BCUT2D eigenvalue weighted by Crippen LogP contribution is 2.20. The van der Waals surface area contributed by atoms with Crippen molar-refractivity contribution in [1.29, 1.82) is 0 Å². The normalized spacial score (nSPS) is 15.6. The highest BCUT2D eigenvalue weighted by Gasteiger charge is 2.43. The zero-order valence-electron chi connectivity index (χ0n) is 16.7. The van der Waals surface area contributed by atoms with Crippen molar-refractivity contribution >= 4 is 5.97 Å². The Balaban J connectivity index is 3.71. The first-order valence-electron chi connectivity index (χ1n) is 10.2. The Morgan fingerprint density at radius 2 is 1.40 bits per heavy atom. The third-order valence-corrected chi connectivity index (χ3v) is 5.11. The minimum absolute atomic E-state index is 0.341. The van der Waals surface area contributed by atoms with Crippen molar-refractivity contribution in [1.82, 2.24) is 0 Å². The lowest BCUT2D eigenvalue weighted by Crippen LogP contribution is -2.60. The molecule has 0 heterocycles. The molecule has 0 aliphatic rings. The average Bonchev–Trinajstić information content (AvgIpc) is 2.57. The van der Waals surface area contributed by atoms with Crippen molar-refractivity contribution in [2.75, 3.05) is 0 Å². The van der Waals surface area contributed by atoms with Crippen LogP contribution in [0.5, 0.6) is 0 Å². The van der Waals surface area contributed by atoms with Crippen molar-refractivity contribution in [2.24, 2.45) is 11.7 Å². The summed E-state index contributed by atoms with van der Waals surface area (Å²) in [6.45, 7) is 5.68. The summed E-state index contributed by atoms with van der Waals surface area (Å²) in [4.78, 5) is 11.3. The fourth-order valence-corrected chi connectivity index (χ4v) is 3.03. The van der Waals surface area contributed by atoms with E-state index in [2.05, 4.69) is 6.92 Å². The highest BCUT2D eigenvalue weighted by atomic mass is 16.4. The predicted molar refractivity (Wildman–Crippen MR) is 106 cm³/mol. The summed E-state index contributed by atoms with van der Waals surface area (Å²) in [5.41, 5.74) is 4.26. The number of hydrogen-bond donors (Lipinski definition) is 3. The van der Waals surface area contributed by atoms with Crippen LogP contribution in [-0.4, -0.2) is 27.8 Å². The van der Waals surface area contributed by atoms with Crippen LogP contribution in [0.2, 0.25) is 0 Å². The van der Waals surface area contributed by atoms with E-state index in [1.54, 1.807) is 19.9 Å². The fourth-order valence-electron chi connectivity index (χ4n) is 3.03. The molecule has 0 radical (unpaired) electrons. The fraction of sp³-hybridized carbons (Fsp3) is 0.857. The van der Waals surface area contributed by atoms with Gasteiger partial charge in [0.05, 0.1) is 0 Å². The largest absolute Gasteiger partial charge is 0.480 e. The van der Waals surface area contributed by atoms with Gasteiger partial charge in [-0.25, -0.2) is 0 Å². The van der Waals surface area contributed by atoms with Gasteiger partial charge in [-0.05, 0) is 18.8 Å². The predicted octanol–water partition coefficient (Wildman–Crippen LogP) is 5.04. The molecule has 0 aromatic rings. The van der Waals surface area contributed by atoms with Crippen LogP contribution in [0, 0.1) is 5.92 Å². The molecular formula is C21H41NO3. The lowest BCUT2D eigenvalue weighted by Gasteiger charge is -2.32. The van der Waals surface area contributed by atoms with Gasteiger partial charge in [0.15, 0.2) is 0 Å². The summed E-state index contributed by atoms with van der Waals surface area (Å²) in [7, 11) is 0. The Morgan fingerprint density at radius 1 is 0.960 bits per heavy atom. The molecular weight excluding hydrogens is 314 g/mol. The zero-order valence-corrected chi connectivity index (χ0v) is 16.7. The smallest absolute Gasteiger partial charge is 0.327 e. The van der Waals surface area contributed by atoms with Crippen LogP contribution in [0.4, 0.5) is 0 Å². The van der Waals surface area contributed by atoms with Gasteiger partial charge in [0.25, 0.3) is 0 Å². The van der Waals surface area contributed by atoms with Crippen molar-refractivity contribution in [3.63, 3.8) is 0 Å². The molecule has 4 heteroatoms. The summed E-state index contributed by atoms with van der Waals surface area (Å²) in [6.07, 6.45) is 17.5. The van der Waals surface area contributed by atoms with Crippen LogP contribution in [0.3, 0.4) is 0 Å². The Kier molecular flexibility index (Phi) is 13.8. The van der Waals surface area contributed by atoms with E-state index in [0.29, 0.717) is 0 Å². The molecule has 0 aromatic carbocycles. The van der Waals surface area contributed by atoms with Gasteiger partial charge in [-0.2, -0.15) is 0 Å². The molecule has 4 N–H and O–H groups in total. The Morgan fingerprint density at radius 3 is 1.80 bits per heavy atom. The number of carboxylic acids is 1. The molecule has 2 atom stereocenters. The van der Waals surface area contributed by atoms with E-state index < -0.39 is 17.6 Å².